The first-order valence-electron chi connectivity index (χ1n) is 6.23. The van der Waals surface area contributed by atoms with E-state index in [0.717, 1.165) is 17.7 Å². The monoisotopic (exact) mass is 267 g/mol. The summed E-state index contributed by atoms with van der Waals surface area (Å²) in [7, 11) is 0. The third-order valence-corrected chi connectivity index (χ3v) is 3.18. The molecule has 1 aromatic heterocycles. The summed E-state index contributed by atoms with van der Waals surface area (Å²) in [5.74, 6) is -0.346. The van der Waals surface area contributed by atoms with Crippen LogP contribution in [0, 0.1) is 0 Å². The van der Waals surface area contributed by atoms with Crippen molar-refractivity contribution in [2.75, 3.05) is 32.8 Å². The molecule has 1 N–H and O–H groups in total. The fraction of sp³-hybridized carbons (Fsp3) is 0.583. The number of Topliss-reactive ketones (excluding diaryl/α,β-unsaturated/α-hetero) is 1. The van der Waals surface area contributed by atoms with Crippen LogP contribution < -0.4 is 11.2 Å². The lowest BCUT2D eigenvalue weighted by atomic mass is 10.2. The molecule has 7 heteroatoms. The highest BCUT2D eigenvalue weighted by Crippen LogP contribution is 1.96. The largest absolute Gasteiger partial charge is 0.379 e. The summed E-state index contributed by atoms with van der Waals surface area (Å²) in [4.78, 5) is 39.4. The van der Waals surface area contributed by atoms with Crippen molar-refractivity contribution in [1.82, 2.24) is 14.5 Å². The number of H-pyrrole nitrogens is 1. The minimum atomic E-state index is -0.524. The summed E-state index contributed by atoms with van der Waals surface area (Å²) in [5.41, 5.74) is -0.991. The van der Waals surface area contributed by atoms with Gasteiger partial charge in [0.15, 0.2) is 5.78 Å². The second-order valence-electron chi connectivity index (χ2n) is 4.47. The molecule has 104 valence electrons. The molecule has 1 aromatic rings. The molecule has 0 saturated carbocycles. The standard InChI is InChI=1S/C12H17N3O4/c1-9(16)10-8-13-12(18)15(11(10)17)3-2-14-4-6-19-7-5-14/h8H,2-7H2,1H3,(H,13,18). The van der Waals surface area contributed by atoms with E-state index >= 15 is 0 Å². The summed E-state index contributed by atoms with van der Waals surface area (Å²) < 4.78 is 6.30. The van der Waals surface area contributed by atoms with Crippen LogP contribution >= 0.6 is 0 Å². The number of rotatable bonds is 4. The Morgan fingerprint density at radius 1 is 1.32 bits per heavy atom. The first kappa shape index (κ1) is 13.7. The molecule has 1 aliphatic heterocycles. The van der Waals surface area contributed by atoms with Crippen LogP contribution in [0.25, 0.3) is 0 Å². The lowest BCUT2D eigenvalue weighted by Crippen LogP contribution is -2.43. The second kappa shape index (κ2) is 5.94. The van der Waals surface area contributed by atoms with Crippen LogP contribution in [-0.2, 0) is 11.3 Å². The van der Waals surface area contributed by atoms with Crippen LogP contribution in [0.4, 0.5) is 0 Å². The highest BCUT2D eigenvalue weighted by atomic mass is 16.5. The molecular formula is C12H17N3O4. The highest BCUT2D eigenvalue weighted by Gasteiger charge is 2.14. The van der Waals surface area contributed by atoms with Crippen LogP contribution in [0.15, 0.2) is 15.8 Å². The predicted molar refractivity (Wildman–Crippen MR) is 68.6 cm³/mol. The van der Waals surface area contributed by atoms with Gasteiger partial charge in [-0.2, -0.15) is 0 Å². The van der Waals surface area contributed by atoms with Crippen LogP contribution in [0.1, 0.15) is 17.3 Å². The maximum atomic E-state index is 12.0. The Balaban J connectivity index is 2.15. The number of carbonyl (C=O) groups is 1. The van der Waals surface area contributed by atoms with Crippen molar-refractivity contribution in [1.29, 1.82) is 0 Å². The quantitative estimate of drug-likeness (QED) is 0.713. The zero-order valence-electron chi connectivity index (χ0n) is 10.8. The van der Waals surface area contributed by atoms with Gasteiger partial charge in [0.2, 0.25) is 0 Å². The van der Waals surface area contributed by atoms with Gasteiger partial charge in [0.05, 0.1) is 18.8 Å². The van der Waals surface area contributed by atoms with Gasteiger partial charge in [-0.15, -0.1) is 0 Å². The van der Waals surface area contributed by atoms with Crippen molar-refractivity contribution in [3.63, 3.8) is 0 Å². The van der Waals surface area contributed by atoms with Gasteiger partial charge in [-0.05, 0) is 6.92 Å². The van der Waals surface area contributed by atoms with Gasteiger partial charge >= 0.3 is 5.69 Å². The summed E-state index contributed by atoms with van der Waals surface area (Å²) in [6, 6.07) is 0. The number of ether oxygens (including phenoxy) is 1. The van der Waals surface area contributed by atoms with Crippen molar-refractivity contribution in [2.24, 2.45) is 0 Å². The van der Waals surface area contributed by atoms with Crippen LogP contribution in [-0.4, -0.2) is 53.1 Å². The van der Waals surface area contributed by atoms with E-state index in [9.17, 15) is 14.4 Å². The van der Waals surface area contributed by atoms with Gasteiger partial charge in [0.25, 0.3) is 5.56 Å². The van der Waals surface area contributed by atoms with E-state index in [0.29, 0.717) is 19.8 Å². The third-order valence-electron chi connectivity index (χ3n) is 3.18. The number of hydrogen-bond donors (Lipinski definition) is 1. The third kappa shape index (κ3) is 3.18. The molecular weight excluding hydrogens is 250 g/mol. The smallest absolute Gasteiger partial charge is 0.328 e. The van der Waals surface area contributed by atoms with Crippen molar-refractivity contribution in [2.45, 2.75) is 13.5 Å². The Morgan fingerprint density at radius 3 is 2.63 bits per heavy atom. The van der Waals surface area contributed by atoms with Gasteiger partial charge in [-0.1, -0.05) is 0 Å². The number of morpholine rings is 1. The van der Waals surface area contributed by atoms with E-state index in [1.165, 1.54) is 13.1 Å². The van der Waals surface area contributed by atoms with E-state index in [2.05, 4.69) is 9.88 Å². The zero-order chi connectivity index (χ0) is 13.8. The maximum Gasteiger partial charge on any atom is 0.328 e. The topological polar surface area (TPSA) is 84.4 Å². The lowest BCUT2D eigenvalue weighted by molar-refractivity contribution is 0.0361. The molecule has 0 radical (unpaired) electrons. The highest BCUT2D eigenvalue weighted by molar-refractivity contribution is 5.93. The minimum Gasteiger partial charge on any atom is -0.379 e. The molecule has 0 amide bonds. The van der Waals surface area contributed by atoms with Crippen molar-refractivity contribution in [3.8, 4) is 0 Å². The molecule has 0 atom stereocenters. The Morgan fingerprint density at radius 2 is 2.00 bits per heavy atom. The van der Waals surface area contributed by atoms with Gasteiger partial charge in [0.1, 0.15) is 0 Å². The Kier molecular flexibility index (Phi) is 4.28. The molecule has 19 heavy (non-hydrogen) atoms. The van der Waals surface area contributed by atoms with Crippen molar-refractivity contribution >= 4 is 5.78 Å². The molecule has 1 aliphatic rings. The Hall–Kier alpha value is -1.73. The first-order chi connectivity index (χ1) is 9.09. The van der Waals surface area contributed by atoms with Gasteiger partial charge in [-0.3, -0.25) is 19.1 Å². The van der Waals surface area contributed by atoms with E-state index < -0.39 is 11.2 Å². The van der Waals surface area contributed by atoms with Gasteiger partial charge in [0, 0.05) is 32.4 Å². The molecule has 1 saturated heterocycles. The zero-order valence-corrected chi connectivity index (χ0v) is 10.8. The number of nitrogens with one attached hydrogen (secondary N) is 1. The fourth-order valence-corrected chi connectivity index (χ4v) is 2.03. The molecule has 0 aliphatic carbocycles. The predicted octanol–water partition coefficient (Wildman–Crippen LogP) is -0.929. The summed E-state index contributed by atoms with van der Waals surface area (Å²) in [5, 5.41) is 0. The molecule has 0 bridgehead atoms. The number of nitrogens with zero attached hydrogens (tertiary/aromatic N) is 2. The number of aromatic amines is 1. The van der Waals surface area contributed by atoms with Crippen LogP contribution in [0.5, 0.6) is 0 Å². The van der Waals surface area contributed by atoms with Crippen LogP contribution in [0.2, 0.25) is 0 Å². The van der Waals surface area contributed by atoms with E-state index in [4.69, 9.17) is 4.74 Å². The minimum absolute atomic E-state index is 0.0153. The molecule has 7 nitrogen and oxygen atoms in total. The first-order valence-corrected chi connectivity index (χ1v) is 6.23. The van der Waals surface area contributed by atoms with Crippen molar-refractivity contribution in [3.05, 3.63) is 32.6 Å². The molecule has 2 rings (SSSR count). The average molecular weight is 267 g/mol. The number of ketones is 1. The molecule has 0 unspecified atom stereocenters. The Bertz CT molecular complexity index is 569. The second-order valence-corrected chi connectivity index (χ2v) is 4.47. The summed E-state index contributed by atoms with van der Waals surface area (Å²) in [6.07, 6.45) is 1.18. The van der Waals surface area contributed by atoms with Gasteiger partial charge in [-0.25, -0.2) is 4.79 Å². The summed E-state index contributed by atoms with van der Waals surface area (Å²) in [6.45, 7) is 5.08. The van der Waals surface area contributed by atoms with Gasteiger partial charge < -0.3 is 9.72 Å². The SMILES string of the molecule is CC(=O)c1c[nH]c(=O)n(CCN2CCOCC2)c1=O. The summed E-state index contributed by atoms with van der Waals surface area (Å²) >= 11 is 0. The normalized spacial score (nSPS) is 16.5. The maximum absolute atomic E-state index is 12.0. The number of aromatic nitrogens is 2. The van der Waals surface area contributed by atoms with Crippen LogP contribution in [0.3, 0.4) is 0 Å². The van der Waals surface area contributed by atoms with E-state index in [-0.39, 0.29) is 17.9 Å². The number of hydrogen-bond acceptors (Lipinski definition) is 5. The molecule has 0 spiro atoms. The lowest BCUT2D eigenvalue weighted by Gasteiger charge is -2.26. The van der Waals surface area contributed by atoms with E-state index in [1.54, 1.807) is 0 Å². The van der Waals surface area contributed by atoms with E-state index in [1.807, 2.05) is 0 Å². The fourth-order valence-electron chi connectivity index (χ4n) is 2.03. The Labute approximate surface area is 109 Å². The molecule has 0 aromatic carbocycles. The average Bonchev–Trinajstić information content (AvgIpc) is 2.39. The van der Waals surface area contributed by atoms with Crippen molar-refractivity contribution < 1.29 is 9.53 Å². The number of carbonyl (C=O) groups excluding carboxylic acids is 1. The molecule has 2 heterocycles. The molecule has 1 fully saturated rings.